The molecule has 2 rings (SSSR count). The standard InChI is InChI=1S/C16H16F5N3O3/c1-3-27-14(26)10-6-4-5-7-15(10,16(19,20)21)22-13(25)9-8-24(2)23-11(9)12(17)18/h4-8,10,12H,3H2,1-2H3,(H,22,25). The topological polar surface area (TPSA) is 73.2 Å². The SMILES string of the molecule is CCOC(=O)C1C=CC=CC1(NC(=O)c1cn(C)nc1C(F)F)C(F)(F)F. The van der Waals surface area contributed by atoms with Gasteiger partial charge in [-0.1, -0.05) is 18.2 Å². The Morgan fingerprint density at radius 2 is 2.04 bits per heavy atom. The number of carbonyl (C=O) groups is 2. The van der Waals surface area contributed by atoms with Gasteiger partial charge in [-0.25, -0.2) is 8.78 Å². The summed E-state index contributed by atoms with van der Waals surface area (Å²) in [7, 11) is 1.24. The number of ether oxygens (including phenoxy) is 1. The monoisotopic (exact) mass is 393 g/mol. The van der Waals surface area contributed by atoms with Crippen LogP contribution in [0.4, 0.5) is 22.0 Å². The minimum atomic E-state index is -5.12. The summed E-state index contributed by atoms with van der Waals surface area (Å²) >= 11 is 0. The molecule has 1 N–H and O–H groups in total. The van der Waals surface area contributed by atoms with E-state index in [1.165, 1.54) is 20.0 Å². The number of amides is 1. The first-order valence-corrected chi connectivity index (χ1v) is 7.77. The maximum absolute atomic E-state index is 13.9. The van der Waals surface area contributed by atoms with Crippen LogP contribution in [0.2, 0.25) is 0 Å². The van der Waals surface area contributed by atoms with E-state index in [0.29, 0.717) is 6.08 Å². The van der Waals surface area contributed by atoms with E-state index in [4.69, 9.17) is 0 Å². The predicted molar refractivity (Wildman–Crippen MR) is 82.8 cm³/mol. The van der Waals surface area contributed by atoms with E-state index in [9.17, 15) is 31.5 Å². The Balaban J connectivity index is 2.48. The number of esters is 1. The van der Waals surface area contributed by atoms with Crippen LogP contribution in [-0.4, -0.2) is 40.0 Å². The van der Waals surface area contributed by atoms with E-state index in [1.807, 2.05) is 0 Å². The van der Waals surface area contributed by atoms with E-state index in [2.05, 4.69) is 9.84 Å². The first-order valence-electron chi connectivity index (χ1n) is 7.77. The van der Waals surface area contributed by atoms with Crippen molar-refractivity contribution in [1.29, 1.82) is 0 Å². The van der Waals surface area contributed by atoms with Crippen molar-refractivity contribution < 1.29 is 36.3 Å². The zero-order chi connectivity index (χ0) is 20.4. The van der Waals surface area contributed by atoms with E-state index < -0.39 is 47.2 Å². The van der Waals surface area contributed by atoms with Gasteiger partial charge >= 0.3 is 12.1 Å². The van der Waals surface area contributed by atoms with Gasteiger partial charge in [-0.2, -0.15) is 18.3 Å². The van der Waals surface area contributed by atoms with Crippen LogP contribution in [0.25, 0.3) is 0 Å². The van der Waals surface area contributed by atoms with Crippen LogP contribution in [0.1, 0.15) is 29.4 Å². The van der Waals surface area contributed by atoms with Gasteiger partial charge in [0.15, 0.2) is 5.54 Å². The normalized spacial score (nSPS) is 22.1. The van der Waals surface area contributed by atoms with Crippen LogP contribution in [0.5, 0.6) is 0 Å². The maximum Gasteiger partial charge on any atom is 0.416 e. The molecule has 1 aliphatic carbocycles. The Morgan fingerprint density at radius 1 is 1.37 bits per heavy atom. The molecule has 1 heterocycles. The third kappa shape index (κ3) is 3.86. The molecule has 0 aromatic carbocycles. The van der Waals surface area contributed by atoms with E-state index in [0.717, 1.165) is 23.0 Å². The zero-order valence-electron chi connectivity index (χ0n) is 14.3. The van der Waals surface area contributed by atoms with Gasteiger partial charge in [-0.05, 0) is 13.0 Å². The molecule has 148 valence electrons. The fourth-order valence-electron chi connectivity index (χ4n) is 2.69. The zero-order valence-corrected chi connectivity index (χ0v) is 14.3. The van der Waals surface area contributed by atoms with Crippen LogP contribution in [-0.2, 0) is 16.6 Å². The molecule has 0 bridgehead atoms. The highest BCUT2D eigenvalue weighted by atomic mass is 19.4. The lowest BCUT2D eigenvalue weighted by Gasteiger charge is -2.39. The number of nitrogens with one attached hydrogen (secondary N) is 1. The number of allylic oxidation sites excluding steroid dienone is 2. The molecule has 0 spiro atoms. The number of hydrogen-bond donors (Lipinski definition) is 1. The van der Waals surface area contributed by atoms with Gasteiger partial charge < -0.3 is 10.1 Å². The smallest absolute Gasteiger partial charge is 0.416 e. The highest BCUT2D eigenvalue weighted by Gasteiger charge is 2.61. The van der Waals surface area contributed by atoms with Crippen LogP contribution in [0.15, 0.2) is 30.5 Å². The number of halogens is 5. The second-order valence-corrected chi connectivity index (χ2v) is 5.70. The van der Waals surface area contributed by atoms with Gasteiger partial charge in [-0.15, -0.1) is 0 Å². The van der Waals surface area contributed by atoms with Crippen molar-refractivity contribution in [3.05, 3.63) is 41.8 Å². The number of rotatable bonds is 5. The third-order valence-electron chi connectivity index (χ3n) is 3.90. The maximum atomic E-state index is 13.9. The van der Waals surface area contributed by atoms with Gasteiger partial charge in [0.25, 0.3) is 12.3 Å². The summed E-state index contributed by atoms with van der Waals surface area (Å²) in [6.45, 7) is 1.24. The van der Waals surface area contributed by atoms with Crippen molar-refractivity contribution in [2.75, 3.05) is 6.61 Å². The molecule has 1 amide bonds. The minimum absolute atomic E-state index is 0.174. The number of alkyl halides is 5. The summed E-state index contributed by atoms with van der Waals surface area (Å²) in [6.07, 6.45) is -3.69. The third-order valence-corrected chi connectivity index (χ3v) is 3.90. The summed E-state index contributed by atoms with van der Waals surface area (Å²) in [6, 6.07) is 0. The molecule has 2 atom stereocenters. The van der Waals surface area contributed by atoms with Gasteiger partial charge in [0.1, 0.15) is 11.6 Å². The lowest BCUT2D eigenvalue weighted by atomic mass is 9.79. The fraction of sp³-hybridized carbons (Fsp3) is 0.438. The van der Waals surface area contributed by atoms with Gasteiger partial charge in [0, 0.05) is 13.2 Å². The predicted octanol–water partition coefficient (Wildman–Crippen LogP) is 2.69. The Bertz CT molecular complexity index is 785. The lowest BCUT2D eigenvalue weighted by Crippen LogP contribution is -2.64. The molecule has 0 fully saturated rings. The summed E-state index contributed by atoms with van der Waals surface area (Å²) in [5.41, 5.74) is -4.84. The Morgan fingerprint density at radius 3 is 2.59 bits per heavy atom. The van der Waals surface area contributed by atoms with Gasteiger partial charge in [-0.3, -0.25) is 14.3 Å². The second kappa shape index (κ2) is 7.49. The van der Waals surface area contributed by atoms with Crippen molar-refractivity contribution in [3.63, 3.8) is 0 Å². The van der Waals surface area contributed by atoms with Crippen LogP contribution in [0, 0.1) is 5.92 Å². The van der Waals surface area contributed by atoms with Gasteiger partial charge in [0.05, 0.1) is 12.2 Å². The minimum Gasteiger partial charge on any atom is -0.465 e. The highest BCUT2D eigenvalue weighted by Crippen LogP contribution is 2.41. The number of hydrogen-bond acceptors (Lipinski definition) is 4. The van der Waals surface area contributed by atoms with E-state index in [1.54, 1.807) is 5.32 Å². The molecule has 1 aliphatic rings. The molecule has 11 heteroatoms. The summed E-state index contributed by atoms with van der Waals surface area (Å²) in [4.78, 5) is 24.5. The molecule has 0 radical (unpaired) electrons. The van der Waals surface area contributed by atoms with Crippen LogP contribution < -0.4 is 5.32 Å². The number of carbonyl (C=O) groups excluding carboxylic acids is 2. The largest absolute Gasteiger partial charge is 0.465 e. The molecular formula is C16H16F5N3O3. The van der Waals surface area contributed by atoms with E-state index in [-0.39, 0.29) is 6.61 Å². The first-order chi connectivity index (χ1) is 12.5. The summed E-state index contributed by atoms with van der Waals surface area (Å²) in [5.74, 6) is -4.57. The first kappa shape index (κ1) is 20.6. The molecule has 1 aromatic heterocycles. The van der Waals surface area contributed by atoms with Crippen molar-refractivity contribution in [1.82, 2.24) is 15.1 Å². The molecule has 0 saturated heterocycles. The van der Waals surface area contributed by atoms with Gasteiger partial charge in [0.2, 0.25) is 0 Å². The average Bonchev–Trinajstić information content (AvgIpc) is 2.97. The Labute approximate surface area is 150 Å². The highest BCUT2D eigenvalue weighted by molar-refractivity contribution is 5.96. The number of aryl methyl sites for hydroxylation is 1. The van der Waals surface area contributed by atoms with Crippen molar-refractivity contribution in [3.8, 4) is 0 Å². The van der Waals surface area contributed by atoms with Crippen LogP contribution in [0.3, 0.4) is 0 Å². The summed E-state index contributed by atoms with van der Waals surface area (Å²) in [5, 5.41) is 5.09. The lowest BCUT2D eigenvalue weighted by molar-refractivity contribution is -0.197. The molecule has 0 aliphatic heterocycles. The molecule has 1 aromatic rings. The fourth-order valence-corrected chi connectivity index (χ4v) is 2.69. The van der Waals surface area contributed by atoms with Crippen molar-refractivity contribution >= 4 is 11.9 Å². The Hall–Kier alpha value is -2.72. The Kier molecular flexibility index (Phi) is 5.71. The quantitative estimate of drug-likeness (QED) is 0.617. The van der Waals surface area contributed by atoms with Crippen molar-refractivity contribution in [2.24, 2.45) is 13.0 Å². The van der Waals surface area contributed by atoms with Crippen LogP contribution >= 0.6 is 0 Å². The molecular weight excluding hydrogens is 377 g/mol. The molecule has 6 nitrogen and oxygen atoms in total. The number of nitrogens with zero attached hydrogens (tertiary/aromatic N) is 2. The molecule has 27 heavy (non-hydrogen) atoms. The second-order valence-electron chi connectivity index (χ2n) is 5.70. The van der Waals surface area contributed by atoms with E-state index >= 15 is 0 Å². The van der Waals surface area contributed by atoms with Crippen molar-refractivity contribution in [2.45, 2.75) is 25.1 Å². The molecule has 0 saturated carbocycles. The summed E-state index contributed by atoms with van der Waals surface area (Å²) < 4.78 is 73.4. The number of aromatic nitrogens is 2. The average molecular weight is 393 g/mol. The molecule has 2 unspecified atom stereocenters.